The number of carbonyl (C=O) groups excluding carboxylic acids is 2. The molecule has 1 saturated heterocycles. The summed E-state index contributed by atoms with van der Waals surface area (Å²) >= 11 is 1.36. The molecule has 1 aliphatic heterocycles. The lowest BCUT2D eigenvalue weighted by atomic mass is 10.1. The van der Waals surface area contributed by atoms with Gasteiger partial charge in [-0.15, -0.1) is 0 Å². The van der Waals surface area contributed by atoms with E-state index in [9.17, 15) is 9.59 Å². The van der Waals surface area contributed by atoms with Gasteiger partial charge in [0.15, 0.2) is 5.17 Å². The standard InChI is InChI=1S/C24H29N3O3S/c1-16-7-5-8-19(13-16)25-24-27(11-6-12-30-4)23(29)21(31-24)15-22(28)26-20-14-17(2)9-10-18(20)3/h5,7-10,13-14,21H,6,11-12,15H2,1-4H3,(H,26,28)/t21-/m0/s1. The molecule has 3 rings (SSSR count). The zero-order valence-electron chi connectivity index (χ0n) is 18.5. The van der Waals surface area contributed by atoms with Gasteiger partial charge in [0, 0.05) is 32.4 Å². The third-order valence-electron chi connectivity index (χ3n) is 5.01. The Bertz CT molecular complexity index is 990. The normalized spacial score (nSPS) is 17.4. The van der Waals surface area contributed by atoms with E-state index < -0.39 is 5.25 Å². The van der Waals surface area contributed by atoms with Gasteiger partial charge in [0.25, 0.3) is 0 Å². The molecule has 0 bridgehead atoms. The first-order valence-electron chi connectivity index (χ1n) is 10.4. The van der Waals surface area contributed by atoms with E-state index >= 15 is 0 Å². The van der Waals surface area contributed by atoms with Gasteiger partial charge in [0.2, 0.25) is 11.8 Å². The van der Waals surface area contributed by atoms with Gasteiger partial charge >= 0.3 is 0 Å². The summed E-state index contributed by atoms with van der Waals surface area (Å²) in [5.74, 6) is -0.253. The van der Waals surface area contributed by atoms with Crippen molar-refractivity contribution in [2.45, 2.75) is 38.9 Å². The molecule has 0 radical (unpaired) electrons. The van der Waals surface area contributed by atoms with Crippen molar-refractivity contribution in [3.05, 3.63) is 59.2 Å². The highest BCUT2D eigenvalue weighted by Crippen LogP contribution is 2.32. The minimum absolute atomic E-state index is 0.0800. The van der Waals surface area contributed by atoms with E-state index in [-0.39, 0.29) is 18.2 Å². The van der Waals surface area contributed by atoms with E-state index in [1.165, 1.54) is 11.8 Å². The van der Waals surface area contributed by atoms with Crippen molar-refractivity contribution in [1.29, 1.82) is 0 Å². The number of hydrogen-bond acceptors (Lipinski definition) is 5. The molecule has 2 aromatic rings. The number of anilines is 1. The van der Waals surface area contributed by atoms with Crippen LogP contribution in [-0.4, -0.2) is 47.4 Å². The molecule has 0 saturated carbocycles. The Labute approximate surface area is 188 Å². The average Bonchev–Trinajstić information content (AvgIpc) is 2.99. The molecule has 2 amide bonds. The number of aryl methyl sites for hydroxylation is 3. The molecule has 1 heterocycles. The second-order valence-corrected chi connectivity index (χ2v) is 8.92. The Morgan fingerprint density at radius 2 is 1.94 bits per heavy atom. The zero-order valence-corrected chi connectivity index (χ0v) is 19.3. The van der Waals surface area contributed by atoms with E-state index in [1.807, 2.05) is 63.2 Å². The fraction of sp³-hybridized carbons (Fsp3) is 0.375. The molecule has 6 nitrogen and oxygen atoms in total. The van der Waals surface area contributed by atoms with Gasteiger partial charge in [-0.1, -0.05) is 36.0 Å². The van der Waals surface area contributed by atoms with Crippen molar-refractivity contribution in [2.75, 3.05) is 25.6 Å². The lowest BCUT2D eigenvalue weighted by molar-refractivity contribution is -0.128. The largest absolute Gasteiger partial charge is 0.385 e. The summed E-state index contributed by atoms with van der Waals surface area (Å²) in [6.45, 7) is 7.02. The van der Waals surface area contributed by atoms with Crippen LogP contribution in [0.2, 0.25) is 0 Å². The van der Waals surface area contributed by atoms with E-state index in [0.717, 1.165) is 28.1 Å². The molecule has 0 spiro atoms. The van der Waals surface area contributed by atoms with E-state index in [0.29, 0.717) is 24.7 Å². The van der Waals surface area contributed by atoms with Gasteiger partial charge in [-0.05, 0) is 62.1 Å². The third kappa shape index (κ3) is 6.18. The number of rotatable bonds is 8. The highest BCUT2D eigenvalue weighted by Gasteiger charge is 2.38. The maximum absolute atomic E-state index is 13.1. The minimum atomic E-state index is -0.490. The van der Waals surface area contributed by atoms with Crippen LogP contribution < -0.4 is 5.32 Å². The molecule has 7 heteroatoms. The second kappa shape index (κ2) is 10.6. The summed E-state index contributed by atoms with van der Waals surface area (Å²) in [5.41, 5.74) is 4.75. The molecular formula is C24H29N3O3S. The Morgan fingerprint density at radius 3 is 2.68 bits per heavy atom. The van der Waals surface area contributed by atoms with Crippen LogP contribution in [0.1, 0.15) is 29.5 Å². The number of nitrogens with one attached hydrogen (secondary N) is 1. The van der Waals surface area contributed by atoms with Crippen LogP contribution >= 0.6 is 11.8 Å². The second-order valence-electron chi connectivity index (χ2n) is 7.75. The molecule has 0 aliphatic carbocycles. The fourth-order valence-electron chi connectivity index (χ4n) is 3.35. The molecule has 1 aliphatic rings. The Balaban J connectivity index is 1.75. The highest BCUT2D eigenvalue weighted by molar-refractivity contribution is 8.15. The number of benzene rings is 2. The monoisotopic (exact) mass is 439 g/mol. The van der Waals surface area contributed by atoms with Crippen LogP contribution in [-0.2, 0) is 14.3 Å². The summed E-state index contributed by atoms with van der Waals surface area (Å²) in [6.07, 6.45) is 0.807. The number of thioether (sulfide) groups is 1. The van der Waals surface area contributed by atoms with Crippen molar-refractivity contribution in [3.8, 4) is 0 Å². The first-order valence-corrected chi connectivity index (χ1v) is 11.2. The summed E-state index contributed by atoms with van der Waals surface area (Å²) in [5, 5.41) is 3.10. The first-order chi connectivity index (χ1) is 14.9. The average molecular weight is 440 g/mol. The van der Waals surface area contributed by atoms with Crippen LogP contribution in [0.5, 0.6) is 0 Å². The minimum Gasteiger partial charge on any atom is -0.385 e. The van der Waals surface area contributed by atoms with Gasteiger partial charge in [0.05, 0.1) is 5.69 Å². The highest BCUT2D eigenvalue weighted by atomic mass is 32.2. The lowest BCUT2D eigenvalue weighted by Crippen LogP contribution is -2.34. The molecule has 31 heavy (non-hydrogen) atoms. The van der Waals surface area contributed by atoms with Crippen molar-refractivity contribution in [1.82, 2.24) is 4.90 Å². The third-order valence-corrected chi connectivity index (χ3v) is 6.19. The van der Waals surface area contributed by atoms with Gasteiger partial charge in [-0.25, -0.2) is 4.99 Å². The van der Waals surface area contributed by atoms with Crippen molar-refractivity contribution < 1.29 is 14.3 Å². The predicted molar refractivity (Wildman–Crippen MR) is 127 cm³/mol. The SMILES string of the molecule is COCCCN1C(=O)[C@H](CC(=O)Nc2cc(C)ccc2C)SC1=Nc1cccc(C)c1. The molecule has 1 atom stereocenters. The maximum atomic E-state index is 13.1. The van der Waals surface area contributed by atoms with Crippen LogP contribution in [0.3, 0.4) is 0 Å². The van der Waals surface area contributed by atoms with Gasteiger partial charge in [0.1, 0.15) is 5.25 Å². The first kappa shape index (κ1) is 23.0. The van der Waals surface area contributed by atoms with Crippen LogP contribution in [0, 0.1) is 20.8 Å². The summed E-state index contributed by atoms with van der Waals surface area (Å²) in [7, 11) is 1.64. The molecule has 1 fully saturated rings. The van der Waals surface area contributed by atoms with Gasteiger partial charge in [-0.2, -0.15) is 0 Å². The van der Waals surface area contributed by atoms with Crippen LogP contribution in [0.15, 0.2) is 47.5 Å². The smallest absolute Gasteiger partial charge is 0.242 e. The van der Waals surface area contributed by atoms with Crippen LogP contribution in [0.25, 0.3) is 0 Å². The van der Waals surface area contributed by atoms with Crippen LogP contribution in [0.4, 0.5) is 11.4 Å². The molecule has 0 unspecified atom stereocenters. The topological polar surface area (TPSA) is 71.0 Å². The van der Waals surface area contributed by atoms with E-state index in [4.69, 9.17) is 9.73 Å². The number of nitrogens with zero attached hydrogens (tertiary/aromatic N) is 2. The zero-order chi connectivity index (χ0) is 22.4. The van der Waals surface area contributed by atoms with Crippen molar-refractivity contribution >= 4 is 40.1 Å². The summed E-state index contributed by atoms with van der Waals surface area (Å²) in [4.78, 5) is 32.2. The predicted octanol–water partition coefficient (Wildman–Crippen LogP) is 4.61. The number of methoxy groups -OCH3 is 1. The number of amides is 2. The molecule has 1 N–H and O–H groups in total. The van der Waals surface area contributed by atoms with E-state index in [1.54, 1.807) is 12.0 Å². The number of aliphatic imine (C=N–C) groups is 1. The fourth-order valence-corrected chi connectivity index (χ4v) is 4.53. The quantitative estimate of drug-likeness (QED) is 0.610. The Kier molecular flexibility index (Phi) is 7.87. The number of amidine groups is 1. The van der Waals surface area contributed by atoms with Crippen molar-refractivity contribution in [3.63, 3.8) is 0 Å². The summed E-state index contributed by atoms with van der Waals surface area (Å²) in [6, 6.07) is 13.8. The lowest BCUT2D eigenvalue weighted by Gasteiger charge is -2.16. The number of carbonyl (C=O) groups is 2. The van der Waals surface area contributed by atoms with Gasteiger partial charge in [-0.3, -0.25) is 14.5 Å². The Morgan fingerprint density at radius 1 is 1.16 bits per heavy atom. The molecule has 0 aromatic heterocycles. The number of hydrogen-bond donors (Lipinski definition) is 1. The maximum Gasteiger partial charge on any atom is 0.242 e. The van der Waals surface area contributed by atoms with Gasteiger partial charge < -0.3 is 10.1 Å². The summed E-state index contributed by atoms with van der Waals surface area (Å²) < 4.78 is 5.14. The number of ether oxygens (including phenoxy) is 1. The molecule has 164 valence electrons. The molecule has 2 aromatic carbocycles. The Hall–Kier alpha value is -2.64. The van der Waals surface area contributed by atoms with Crippen molar-refractivity contribution in [2.24, 2.45) is 4.99 Å². The molecular weight excluding hydrogens is 410 g/mol. The van der Waals surface area contributed by atoms with E-state index in [2.05, 4.69) is 5.32 Å².